The molecule has 3 heterocycles. The predicted molar refractivity (Wildman–Crippen MR) is 60.6 cm³/mol. The molecule has 18 heavy (non-hydrogen) atoms. The van der Waals surface area contributed by atoms with E-state index in [1.165, 1.54) is 4.90 Å². The molecule has 0 bridgehead atoms. The van der Waals surface area contributed by atoms with E-state index < -0.39 is 6.04 Å². The van der Waals surface area contributed by atoms with Gasteiger partial charge >= 0.3 is 6.03 Å². The number of aromatic nitrogens is 2. The van der Waals surface area contributed by atoms with Crippen LogP contribution in [-0.4, -0.2) is 45.9 Å². The fraction of sp³-hybridized carbons (Fsp3) is 0.545. The lowest BCUT2D eigenvalue weighted by Gasteiger charge is -2.18. The molecule has 2 aliphatic rings. The summed E-state index contributed by atoms with van der Waals surface area (Å²) in [5.74, 6) is -0.219. The van der Waals surface area contributed by atoms with E-state index in [4.69, 9.17) is 4.74 Å². The molecule has 1 N–H and O–H groups in total. The van der Waals surface area contributed by atoms with Gasteiger partial charge < -0.3 is 10.1 Å². The Bertz CT molecular complexity index is 492. The lowest BCUT2D eigenvalue weighted by atomic mass is 10.1. The molecule has 2 aliphatic heterocycles. The van der Waals surface area contributed by atoms with E-state index in [9.17, 15) is 9.59 Å². The third-order valence-electron chi connectivity index (χ3n) is 3.30. The van der Waals surface area contributed by atoms with Gasteiger partial charge in [0.15, 0.2) is 0 Å². The summed E-state index contributed by atoms with van der Waals surface area (Å²) in [5, 5.41) is 6.70. The van der Waals surface area contributed by atoms with Crippen LogP contribution < -0.4 is 5.32 Å². The molecule has 2 saturated heterocycles. The van der Waals surface area contributed by atoms with Gasteiger partial charge in [0.1, 0.15) is 6.04 Å². The van der Waals surface area contributed by atoms with Crippen molar-refractivity contribution < 1.29 is 14.3 Å². The summed E-state index contributed by atoms with van der Waals surface area (Å²) >= 11 is 0. The van der Waals surface area contributed by atoms with Crippen LogP contribution >= 0.6 is 0 Å². The number of hydrogen-bond acceptors (Lipinski definition) is 4. The quantitative estimate of drug-likeness (QED) is 0.738. The second kappa shape index (κ2) is 4.09. The Balaban J connectivity index is 1.83. The summed E-state index contributed by atoms with van der Waals surface area (Å²) in [6.45, 7) is 1.03. The van der Waals surface area contributed by atoms with E-state index in [-0.39, 0.29) is 18.0 Å². The van der Waals surface area contributed by atoms with Gasteiger partial charge in [0.25, 0.3) is 5.91 Å². The summed E-state index contributed by atoms with van der Waals surface area (Å²) < 4.78 is 6.83. The van der Waals surface area contributed by atoms with Gasteiger partial charge in [-0.05, 0) is 6.42 Å². The Kier molecular flexibility index (Phi) is 2.55. The van der Waals surface area contributed by atoms with Crippen molar-refractivity contribution in [1.82, 2.24) is 20.0 Å². The molecule has 2 fully saturated rings. The van der Waals surface area contributed by atoms with Gasteiger partial charge in [-0.3, -0.25) is 14.4 Å². The second-order valence-corrected chi connectivity index (χ2v) is 4.56. The summed E-state index contributed by atoms with van der Waals surface area (Å²) in [4.78, 5) is 25.4. The monoisotopic (exact) mass is 250 g/mol. The van der Waals surface area contributed by atoms with Gasteiger partial charge in [0.05, 0.1) is 18.8 Å². The van der Waals surface area contributed by atoms with E-state index in [0.717, 1.165) is 0 Å². The van der Waals surface area contributed by atoms with Gasteiger partial charge in [-0.1, -0.05) is 0 Å². The molecular formula is C11H14N4O3. The van der Waals surface area contributed by atoms with Crippen LogP contribution in [0.5, 0.6) is 0 Å². The number of nitrogens with zero attached hydrogens (tertiary/aromatic N) is 3. The largest absolute Gasteiger partial charge is 0.379 e. The average Bonchev–Trinajstić information content (AvgIpc) is 3.01. The van der Waals surface area contributed by atoms with Crippen LogP contribution in [0, 0.1) is 0 Å². The molecule has 7 nitrogen and oxygen atoms in total. The first-order chi connectivity index (χ1) is 8.66. The normalized spacial score (nSPS) is 27.9. The number of amides is 3. The summed E-state index contributed by atoms with van der Waals surface area (Å²) in [6, 6.07) is -1.10. The molecule has 96 valence electrons. The van der Waals surface area contributed by atoms with E-state index in [2.05, 4.69) is 10.4 Å². The minimum Gasteiger partial charge on any atom is -0.379 e. The van der Waals surface area contributed by atoms with Crippen molar-refractivity contribution in [1.29, 1.82) is 0 Å². The zero-order chi connectivity index (χ0) is 12.7. The van der Waals surface area contributed by atoms with Crippen LogP contribution in [0.1, 0.15) is 18.0 Å². The molecule has 0 aromatic carbocycles. The van der Waals surface area contributed by atoms with Gasteiger partial charge in [-0.25, -0.2) is 4.79 Å². The van der Waals surface area contributed by atoms with Crippen molar-refractivity contribution in [2.75, 3.05) is 13.2 Å². The number of nitrogens with one attached hydrogen (secondary N) is 1. The number of hydrogen-bond donors (Lipinski definition) is 1. The fourth-order valence-electron chi connectivity index (χ4n) is 2.38. The van der Waals surface area contributed by atoms with E-state index >= 15 is 0 Å². The standard InChI is InChI=1S/C11H14N4O3/c1-14-5-7(4-12-14)9-10(16)15(11(17)13-9)8-2-3-18-6-8/h4-5,8-9H,2-3,6H2,1H3,(H,13,17). The summed E-state index contributed by atoms with van der Waals surface area (Å²) in [7, 11) is 1.77. The Labute approximate surface area is 104 Å². The van der Waals surface area contributed by atoms with E-state index in [1.807, 2.05) is 0 Å². The van der Waals surface area contributed by atoms with Crippen molar-refractivity contribution in [2.45, 2.75) is 18.5 Å². The first kappa shape index (κ1) is 11.2. The van der Waals surface area contributed by atoms with Crippen LogP contribution in [-0.2, 0) is 16.6 Å². The minimum absolute atomic E-state index is 0.140. The van der Waals surface area contributed by atoms with Crippen molar-refractivity contribution >= 4 is 11.9 Å². The van der Waals surface area contributed by atoms with Gasteiger partial charge in [0.2, 0.25) is 0 Å². The Morgan fingerprint density at radius 1 is 1.50 bits per heavy atom. The molecule has 3 amide bonds. The topological polar surface area (TPSA) is 76.5 Å². The maximum Gasteiger partial charge on any atom is 0.325 e. The van der Waals surface area contributed by atoms with Crippen molar-refractivity contribution in [3.05, 3.63) is 18.0 Å². The maximum absolute atomic E-state index is 12.3. The van der Waals surface area contributed by atoms with E-state index in [1.54, 1.807) is 24.1 Å². The first-order valence-corrected chi connectivity index (χ1v) is 5.86. The zero-order valence-corrected chi connectivity index (χ0v) is 10.00. The molecule has 0 radical (unpaired) electrons. The Morgan fingerprint density at radius 3 is 2.94 bits per heavy atom. The molecule has 1 aromatic rings. The number of imide groups is 1. The average molecular weight is 250 g/mol. The van der Waals surface area contributed by atoms with Crippen LogP contribution in [0.3, 0.4) is 0 Å². The molecule has 1 aromatic heterocycles. The zero-order valence-electron chi connectivity index (χ0n) is 10.00. The highest BCUT2D eigenvalue weighted by molar-refractivity contribution is 6.04. The third-order valence-corrected chi connectivity index (χ3v) is 3.30. The van der Waals surface area contributed by atoms with Crippen molar-refractivity contribution in [3.63, 3.8) is 0 Å². The lowest BCUT2D eigenvalue weighted by Crippen LogP contribution is -2.40. The van der Waals surface area contributed by atoms with Crippen LogP contribution in [0.4, 0.5) is 4.79 Å². The van der Waals surface area contributed by atoms with Crippen LogP contribution in [0.15, 0.2) is 12.4 Å². The molecule has 0 spiro atoms. The second-order valence-electron chi connectivity index (χ2n) is 4.56. The number of rotatable bonds is 2. The third kappa shape index (κ3) is 1.67. The highest BCUT2D eigenvalue weighted by Crippen LogP contribution is 2.25. The number of aryl methyl sites for hydroxylation is 1. The van der Waals surface area contributed by atoms with Crippen molar-refractivity contribution in [2.24, 2.45) is 7.05 Å². The van der Waals surface area contributed by atoms with Gasteiger partial charge in [0, 0.05) is 25.4 Å². The number of carbonyl (C=O) groups is 2. The van der Waals surface area contributed by atoms with Gasteiger partial charge in [-0.2, -0.15) is 5.10 Å². The Hall–Kier alpha value is -1.89. The molecular weight excluding hydrogens is 236 g/mol. The molecule has 0 saturated carbocycles. The Morgan fingerprint density at radius 2 is 2.33 bits per heavy atom. The smallest absolute Gasteiger partial charge is 0.325 e. The number of urea groups is 1. The molecule has 3 rings (SSSR count). The number of ether oxygens (including phenoxy) is 1. The summed E-state index contributed by atoms with van der Waals surface area (Å²) in [5.41, 5.74) is 0.706. The fourth-order valence-corrected chi connectivity index (χ4v) is 2.38. The molecule has 2 unspecified atom stereocenters. The molecule has 2 atom stereocenters. The van der Waals surface area contributed by atoms with Crippen LogP contribution in [0.25, 0.3) is 0 Å². The van der Waals surface area contributed by atoms with Gasteiger partial charge in [-0.15, -0.1) is 0 Å². The highest BCUT2D eigenvalue weighted by atomic mass is 16.5. The molecule has 0 aliphatic carbocycles. The number of carbonyl (C=O) groups excluding carboxylic acids is 2. The molecule has 7 heteroatoms. The minimum atomic E-state index is -0.619. The van der Waals surface area contributed by atoms with E-state index in [0.29, 0.717) is 25.2 Å². The predicted octanol–water partition coefficient (Wildman–Crippen LogP) is -0.198. The van der Waals surface area contributed by atoms with Crippen LogP contribution in [0.2, 0.25) is 0 Å². The first-order valence-electron chi connectivity index (χ1n) is 5.86. The summed E-state index contributed by atoms with van der Waals surface area (Å²) in [6.07, 6.45) is 4.04. The van der Waals surface area contributed by atoms with Crippen molar-refractivity contribution in [3.8, 4) is 0 Å². The SMILES string of the molecule is Cn1cc(C2NC(=O)N(C3CCOC3)C2=O)cn1. The lowest BCUT2D eigenvalue weighted by molar-refractivity contribution is -0.129. The highest BCUT2D eigenvalue weighted by Gasteiger charge is 2.44. The maximum atomic E-state index is 12.3.